The standard InChI is InChI=1S/C16H24N2O2/c1-12(2)14-9-6-10-18(14)11-16(17,15(19)20)13-7-4-3-5-8-13/h3-5,7-8,12,14H,6,9-11,17H2,1-2H3,(H,19,20). The molecule has 0 saturated carbocycles. The molecule has 1 heterocycles. The van der Waals surface area contributed by atoms with Crippen molar-refractivity contribution in [2.24, 2.45) is 11.7 Å². The maximum Gasteiger partial charge on any atom is 0.329 e. The molecule has 1 aliphatic rings. The lowest BCUT2D eigenvalue weighted by molar-refractivity contribution is -0.144. The Morgan fingerprint density at radius 1 is 1.45 bits per heavy atom. The second kappa shape index (κ2) is 5.94. The van der Waals surface area contributed by atoms with E-state index in [1.54, 1.807) is 12.1 Å². The molecule has 2 rings (SSSR count). The Balaban J connectivity index is 2.24. The van der Waals surface area contributed by atoms with Gasteiger partial charge < -0.3 is 10.8 Å². The topological polar surface area (TPSA) is 66.6 Å². The van der Waals surface area contributed by atoms with Gasteiger partial charge in [0.05, 0.1) is 0 Å². The fourth-order valence-corrected chi connectivity index (χ4v) is 3.14. The molecule has 2 unspecified atom stereocenters. The Bertz CT molecular complexity index is 461. The van der Waals surface area contributed by atoms with Crippen LogP contribution in [0.15, 0.2) is 30.3 Å². The maximum atomic E-state index is 11.7. The zero-order chi connectivity index (χ0) is 14.8. The molecule has 1 aromatic carbocycles. The van der Waals surface area contributed by atoms with E-state index in [2.05, 4.69) is 18.7 Å². The summed E-state index contributed by atoms with van der Waals surface area (Å²) in [6, 6.07) is 9.58. The number of rotatable bonds is 5. The van der Waals surface area contributed by atoms with E-state index in [0.29, 0.717) is 24.1 Å². The third-order valence-corrected chi connectivity index (χ3v) is 4.31. The van der Waals surface area contributed by atoms with Gasteiger partial charge in [-0.25, -0.2) is 4.79 Å². The monoisotopic (exact) mass is 276 g/mol. The molecule has 4 heteroatoms. The Labute approximate surface area is 120 Å². The molecule has 0 spiro atoms. The van der Waals surface area contributed by atoms with E-state index in [0.717, 1.165) is 19.4 Å². The third-order valence-electron chi connectivity index (χ3n) is 4.31. The van der Waals surface area contributed by atoms with Crippen molar-refractivity contribution in [2.45, 2.75) is 38.3 Å². The van der Waals surface area contributed by atoms with Crippen LogP contribution >= 0.6 is 0 Å². The molecule has 20 heavy (non-hydrogen) atoms. The minimum atomic E-state index is -1.33. The van der Waals surface area contributed by atoms with Crippen LogP contribution in [0.2, 0.25) is 0 Å². The van der Waals surface area contributed by atoms with Gasteiger partial charge in [-0.2, -0.15) is 0 Å². The molecule has 110 valence electrons. The summed E-state index contributed by atoms with van der Waals surface area (Å²) in [5.41, 5.74) is 5.60. The van der Waals surface area contributed by atoms with Crippen molar-refractivity contribution in [1.29, 1.82) is 0 Å². The molecule has 0 aromatic heterocycles. The van der Waals surface area contributed by atoms with E-state index < -0.39 is 11.5 Å². The van der Waals surface area contributed by atoms with E-state index in [1.807, 2.05) is 18.2 Å². The van der Waals surface area contributed by atoms with E-state index in [1.165, 1.54) is 0 Å². The van der Waals surface area contributed by atoms with Crippen LogP contribution < -0.4 is 5.73 Å². The summed E-state index contributed by atoms with van der Waals surface area (Å²) in [5.74, 6) is -0.440. The number of hydrogen-bond acceptors (Lipinski definition) is 3. The van der Waals surface area contributed by atoms with Crippen molar-refractivity contribution in [3.8, 4) is 0 Å². The largest absolute Gasteiger partial charge is 0.480 e. The van der Waals surface area contributed by atoms with Gasteiger partial charge in [0.15, 0.2) is 5.54 Å². The highest BCUT2D eigenvalue weighted by atomic mass is 16.4. The first kappa shape index (κ1) is 15.0. The van der Waals surface area contributed by atoms with Gasteiger partial charge >= 0.3 is 5.97 Å². The van der Waals surface area contributed by atoms with Gasteiger partial charge in [-0.1, -0.05) is 44.2 Å². The van der Waals surface area contributed by atoms with Gasteiger partial charge in [0.2, 0.25) is 0 Å². The number of nitrogens with zero attached hydrogens (tertiary/aromatic N) is 1. The molecule has 1 fully saturated rings. The highest BCUT2D eigenvalue weighted by Crippen LogP contribution is 2.28. The average Bonchev–Trinajstić information content (AvgIpc) is 2.87. The number of likely N-dealkylation sites (tertiary alicyclic amines) is 1. The quantitative estimate of drug-likeness (QED) is 0.863. The van der Waals surface area contributed by atoms with Gasteiger partial charge in [-0.05, 0) is 30.9 Å². The van der Waals surface area contributed by atoms with E-state index in [-0.39, 0.29) is 0 Å². The Hall–Kier alpha value is -1.39. The second-order valence-corrected chi connectivity index (χ2v) is 6.07. The van der Waals surface area contributed by atoms with Crippen LogP contribution in [-0.4, -0.2) is 35.1 Å². The Kier molecular flexibility index (Phi) is 4.45. The molecule has 0 amide bonds. The number of benzene rings is 1. The van der Waals surface area contributed by atoms with E-state index in [9.17, 15) is 9.90 Å². The van der Waals surface area contributed by atoms with E-state index in [4.69, 9.17) is 5.73 Å². The van der Waals surface area contributed by atoms with E-state index >= 15 is 0 Å². The van der Waals surface area contributed by atoms with Crippen molar-refractivity contribution >= 4 is 5.97 Å². The molecule has 4 nitrogen and oxygen atoms in total. The van der Waals surface area contributed by atoms with Crippen molar-refractivity contribution in [3.63, 3.8) is 0 Å². The van der Waals surface area contributed by atoms with Crippen molar-refractivity contribution in [3.05, 3.63) is 35.9 Å². The van der Waals surface area contributed by atoms with Crippen molar-refractivity contribution in [2.75, 3.05) is 13.1 Å². The van der Waals surface area contributed by atoms with Crippen LogP contribution in [0.5, 0.6) is 0 Å². The minimum absolute atomic E-state index is 0.370. The van der Waals surface area contributed by atoms with Crippen LogP contribution in [-0.2, 0) is 10.3 Å². The predicted octanol–water partition coefficient (Wildman–Crippen LogP) is 2.05. The van der Waals surface area contributed by atoms with Crippen molar-refractivity contribution < 1.29 is 9.90 Å². The normalized spacial score (nSPS) is 22.9. The number of aliphatic carboxylic acids is 1. The summed E-state index contributed by atoms with van der Waals surface area (Å²) in [5, 5.41) is 9.62. The maximum absolute atomic E-state index is 11.7. The predicted molar refractivity (Wildman–Crippen MR) is 79.4 cm³/mol. The fourth-order valence-electron chi connectivity index (χ4n) is 3.14. The van der Waals surface area contributed by atoms with Gasteiger partial charge in [-0.3, -0.25) is 4.90 Å². The van der Waals surface area contributed by atoms with Gasteiger partial charge in [0.25, 0.3) is 0 Å². The highest BCUT2D eigenvalue weighted by molar-refractivity contribution is 5.80. The van der Waals surface area contributed by atoms with Crippen LogP contribution in [0.25, 0.3) is 0 Å². The molecular weight excluding hydrogens is 252 g/mol. The zero-order valence-corrected chi connectivity index (χ0v) is 12.2. The Morgan fingerprint density at radius 2 is 2.10 bits per heavy atom. The van der Waals surface area contributed by atoms with Crippen LogP contribution in [0.1, 0.15) is 32.3 Å². The smallest absolute Gasteiger partial charge is 0.329 e. The lowest BCUT2D eigenvalue weighted by Gasteiger charge is -2.35. The number of carboxylic acid groups (broad SMARTS) is 1. The van der Waals surface area contributed by atoms with Crippen LogP contribution in [0.4, 0.5) is 0 Å². The minimum Gasteiger partial charge on any atom is -0.480 e. The summed E-state index contributed by atoms with van der Waals surface area (Å²) in [4.78, 5) is 14.0. The molecule has 0 radical (unpaired) electrons. The lowest BCUT2D eigenvalue weighted by atomic mass is 9.89. The zero-order valence-electron chi connectivity index (χ0n) is 12.2. The van der Waals surface area contributed by atoms with Crippen LogP contribution in [0.3, 0.4) is 0 Å². The number of hydrogen-bond donors (Lipinski definition) is 2. The molecule has 0 aliphatic carbocycles. The van der Waals surface area contributed by atoms with Gasteiger partial charge in [0, 0.05) is 12.6 Å². The molecule has 1 aliphatic heterocycles. The molecule has 2 atom stereocenters. The average molecular weight is 276 g/mol. The number of nitrogens with two attached hydrogens (primary N) is 1. The highest BCUT2D eigenvalue weighted by Gasteiger charge is 2.41. The SMILES string of the molecule is CC(C)C1CCCN1CC(N)(C(=O)O)c1ccccc1. The number of carbonyl (C=O) groups is 1. The summed E-state index contributed by atoms with van der Waals surface area (Å²) < 4.78 is 0. The third kappa shape index (κ3) is 2.86. The summed E-state index contributed by atoms with van der Waals surface area (Å²) in [7, 11) is 0. The summed E-state index contributed by atoms with van der Waals surface area (Å²) in [6.45, 7) is 5.67. The summed E-state index contributed by atoms with van der Waals surface area (Å²) in [6.07, 6.45) is 2.25. The molecular formula is C16H24N2O2. The van der Waals surface area contributed by atoms with Crippen molar-refractivity contribution in [1.82, 2.24) is 4.90 Å². The Morgan fingerprint density at radius 3 is 2.65 bits per heavy atom. The first-order valence-electron chi connectivity index (χ1n) is 7.27. The van der Waals surface area contributed by atoms with Crippen LogP contribution in [0, 0.1) is 5.92 Å². The van der Waals surface area contributed by atoms with Gasteiger partial charge in [0.1, 0.15) is 0 Å². The first-order chi connectivity index (χ1) is 9.45. The lowest BCUT2D eigenvalue weighted by Crippen LogP contribution is -2.54. The molecule has 3 N–H and O–H groups in total. The van der Waals surface area contributed by atoms with Gasteiger partial charge in [-0.15, -0.1) is 0 Å². The first-order valence-corrected chi connectivity index (χ1v) is 7.27. The molecule has 0 bridgehead atoms. The summed E-state index contributed by atoms with van der Waals surface area (Å²) >= 11 is 0. The second-order valence-electron chi connectivity index (χ2n) is 6.07. The molecule has 1 saturated heterocycles. The molecule has 1 aromatic rings. The fraction of sp³-hybridized carbons (Fsp3) is 0.562. The number of carboxylic acids is 1.